The van der Waals surface area contributed by atoms with Gasteiger partial charge in [0.05, 0.1) is 11.6 Å². The number of halogens is 1. The third-order valence-corrected chi connectivity index (χ3v) is 3.80. The highest BCUT2D eigenvalue weighted by Crippen LogP contribution is 2.29. The number of fused-ring (bicyclic) bond motifs is 1. The molecule has 0 saturated heterocycles. The van der Waals surface area contributed by atoms with Crippen molar-refractivity contribution in [2.24, 2.45) is 0 Å². The minimum atomic E-state index is -0.226. The zero-order chi connectivity index (χ0) is 17.5. The lowest BCUT2D eigenvalue weighted by Crippen LogP contribution is -2.32. The van der Waals surface area contributed by atoms with Crippen LogP contribution in [0.4, 0.5) is 0 Å². The summed E-state index contributed by atoms with van der Waals surface area (Å²) in [6, 6.07) is 16.5. The first-order valence-electron chi connectivity index (χ1n) is 7.84. The largest absolute Gasteiger partial charge is 0.492 e. The molecule has 1 heterocycles. The van der Waals surface area contributed by atoms with Gasteiger partial charge in [0.1, 0.15) is 23.6 Å². The van der Waals surface area contributed by atoms with Crippen molar-refractivity contribution in [3.63, 3.8) is 0 Å². The first-order chi connectivity index (χ1) is 12.2. The first-order valence-corrected chi connectivity index (χ1v) is 8.22. The van der Waals surface area contributed by atoms with E-state index in [4.69, 9.17) is 21.1 Å². The van der Waals surface area contributed by atoms with Crippen molar-refractivity contribution < 1.29 is 14.3 Å². The number of amides is 1. The van der Waals surface area contributed by atoms with Crippen molar-refractivity contribution in [2.75, 3.05) is 19.8 Å². The number of para-hydroxylation sites is 1. The van der Waals surface area contributed by atoms with Crippen molar-refractivity contribution in [1.29, 1.82) is 0 Å². The maximum atomic E-state index is 11.9. The summed E-state index contributed by atoms with van der Waals surface area (Å²) in [5, 5.41) is 4.13. The van der Waals surface area contributed by atoms with Crippen LogP contribution in [0.2, 0.25) is 5.02 Å². The molecule has 3 rings (SSSR count). The topological polar surface area (TPSA) is 60.5 Å². The van der Waals surface area contributed by atoms with Crippen molar-refractivity contribution >= 4 is 28.4 Å². The second kappa shape index (κ2) is 8.35. The molecule has 3 aromatic rings. The number of aromatic nitrogens is 1. The summed E-state index contributed by atoms with van der Waals surface area (Å²) >= 11 is 6.14. The molecule has 0 aliphatic rings. The van der Waals surface area contributed by atoms with Gasteiger partial charge in [0.25, 0.3) is 5.91 Å². The molecule has 0 aliphatic heterocycles. The van der Waals surface area contributed by atoms with Crippen LogP contribution in [0.5, 0.6) is 11.5 Å². The Kier molecular flexibility index (Phi) is 5.69. The maximum absolute atomic E-state index is 11.9. The molecule has 0 spiro atoms. The molecule has 6 heteroatoms. The number of nitrogens with zero attached hydrogens (tertiary/aromatic N) is 1. The van der Waals surface area contributed by atoms with Crippen LogP contribution >= 0.6 is 11.6 Å². The zero-order valence-corrected chi connectivity index (χ0v) is 14.2. The van der Waals surface area contributed by atoms with E-state index in [-0.39, 0.29) is 12.5 Å². The molecule has 1 amide bonds. The van der Waals surface area contributed by atoms with Gasteiger partial charge in [-0.05, 0) is 36.4 Å². The molecule has 1 aromatic heterocycles. The molecule has 0 fully saturated rings. The van der Waals surface area contributed by atoms with Crippen LogP contribution in [0.15, 0.2) is 60.8 Å². The summed E-state index contributed by atoms with van der Waals surface area (Å²) in [6.45, 7) is 0.691. The van der Waals surface area contributed by atoms with Gasteiger partial charge in [0.2, 0.25) is 0 Å². The van der Waals surface area contributed by atoms with Crippen molar-refractivity contribution in [3.05, 3.63) is 65.8 Å². The van der Waals surface area contributed by atoms with E-state index in [1.54, 1.807) is 24.4 Å². The smallest absolute Gasteiger partial charge is 0.258 e. The summed E-state index contributed by atoms with van der Waals surface area (Å²) in [6.07, 6.45) is 1.66. The standard InChI is InChI=1S/C19H17ClN2O3/c20-16-8-9-17(19-15(16)7-4-10-22-19)25-13-18(23)21-11-12-24-14-5-2-1-3-6-14/h1-10H,11-13H2,(H,21,23). The first kappa shape index (κ1) is 17.0. The lowest BCUT2D eigenvalue weighted by atomic mass is 10.2. The Morgan fingerprint density at radius 2 is 1.88 bits per heavy atom. The Balaban J connectivity index is 1.47. The van der Waals surface area contributed by atoms with Gasteiger partial charge in [0.15, 0.2) is 6.61 Å². The van der Waals surface area contributed by atoms with Crippen molar-refractivity contribution in [1.82, 2.24) is 10.3 Å². The summed E-state index contributed by atoms with van der Waals surface area (Å²) < 4.78 is 11.1. The molecule has 128 valence electrons. The normalized spacial score (nSPS) is 10.4. The molecule has 0 aliphatic carbocycles. The average molecular weight is 357 g/mol. The van der Waals surface area contributed by atoms with Gasteiger partial charge in [-0.15, -0.1) is 0 Å². The number of hydrogen-bond donors (Lipinski definition) is 1. The Labute approximate surface area is 150 Å². The van der Waals surface area contributed by atoms with Crippen LogP contribution in [0.1, 0.15) is 0 Å². The summed E-state index contributed by atoms with van der Waals surface area (Å²) in [5.74, 6) is 1.07. The zero-order valence-electron chi connectivity index (χ0n) is 13.4. The minimum Gasteiger partial charge on any atom is -0.492 e. The summed E-state index contributed by atoms with van der Waals surface area (Å²) in [7, 11) is 0. The van der Waals surface area contributed by atoms with Crippen LogP contribution in [-0.2, 0) is 4.79 Å². The summed E-state index contributed by atoms with van der Waals surface area (Å²) in [5.41, 5.74) is 0.634. The predicted octanol–water partition coefficient (Wildman–Crippen LogP) is 3.46. The number of carbonyl (C=O) groups is 1. The molecule has 0 atom stereocenters. The Bertz CT molecular complexity index is 856. The van der Waals surface area contributed by atoms with E-state index in [1.807, 2.05) is 36.4 Å². The average Bonchev–Trinajstić information content (AvgIpc) is 2.66. The van der Waals surface area contributed by atoms with E-state index in [0.717, 1.165) is 11.1 Å². The number of hydrogen-bond acceptors (Lipinski definition) is 4. The fourth-order valence-electron chi connectivity index (χ4n) is 2.30. The van der Waals surface area contributed by atoms with Gasteiger partial charge in [0, 0.05) is 11.6 Å². The van der Waals surface area contributed by atoms with Crippen LogP contribution in [-0.4, -0.2) is 30.6 Å². The van der Waals surface area contributed by atoms with Gasteiger partial charge in [-0.2, -0.15) is 0 Å². The lowest BCUT2D eigenvalue weighted by molar-refractivity contribution is -0.123. The number of ether oxygens (including phenoxy) is 2. The van der Waals surface area contributed by atoms with Gasteiger partial charge < -0.3 is 14.8 Å². The lowest BCUT2D eigenvalue weighted by Gasteiger charge is -2.10. The van der Waals surface area contributed by atoms with Crippen molar-refractivity contribution in [3.8, 4) is 11.5 Å². The third kappa shape index (κ3) is 4.61. The highest BCUT2D eigenvalue weighted by molar-refractivity contribution is 6.35. The van der Waals surface area contributed by atoms with Gasteiger partial charge in [-0.25, -0.2) is 0 Å². The quantitative estimate of drug-likeness (QED) is 0.658. The SMILES string of the molecule is O=C(COc1ccc(Cl)c2cccnc12)NCCOc1ccccc1. The van der Waals surface area contributed by atoms with Crippen LogP contribution < -0.4 is 14.8 Å². The molecule has 1 N–H and O–H groups in total. The minimum absolute atomic E-state index is 0.0986. The van der Waals surface area contributed by atoms with Crippen LogP contribution in [0, 0.1) is 0 Å². The van der Waals surface area contributed by atoms with E-state index in [1.165, 1.54) is 0 Å². The number of benzene rings is 2. The number of nitrogens with one attached hydrogen (secondary N) is 1. The van der Waals surface area contributed by atoms with E-state index >= 15 is 0 Å². The monoisotopic (exact) mass is 356 g/mol. The van der Waals surface area contributed by atoms with E-state index in [2.05, 4.69) is 10.3 Å². The number of carbonyl (C=O) groups excluding carboxylic acids is 1. The maximum Gasteiger partial charge on any atom is 0.258 e. The number of rotatable bonds is 7. The summed E-state index contributed by atoms with van der Waals surface area (Å²) in [4.78, 5) is 16.2. The molecular formula is C19H17ClN2O3. The predicted molar refractivity (Wildman–Crippen MR) is 97.2 cm³/mol. The van der Waals surface area contributed by atoms with Crippen LogP contribution in [0.3, 0.4) is 0 Å². The van der Waals surface area contributed by atoms with E-state index in [9.17, 15) is 4.79 Å². The van der Waals surface area contributed by atoms with E-state index in [0.29, 0.717) is 29.4 Å². The second-order valence-corrected chi connectivity index (χ2v) is 5.65. The molecule has 0 radical (unpaired) electrons. The van der Waals surface area contributed by atoms with Gasteiger partial charge in [-0.3, -0.25) is 9.78 Å². The highest BCUT2D eigenvalue weighted by atomic mass is 35.5. The van der Waals surface area contributed by atoms with Gasteiger partial charge >= 0.3 is 0 Å². The second-order valence-electron chi connectivity index (χ2n) is 5.25. The Hall–Kier alpha value is -2.79. The molecule has 0 bridgehead atoms. The Morgan fingerprint density at radius 3 is 2.72 bits per heavy atom. The molecule has 2 aromatic carbocycles. The molecule has 0 saturated carbocycles. The van der Waals surface area contributed by atoms with E-state index < -0.39 is 0 Å². The Morgan fingerprint density at radius 1 is 1.04 bits per heavy atom. The molecule has 0 unspecified atom stereocenters. The molecular weight excluding hydrogens is 340 g/mol. The molecule has 5 nitrogen and oxygen atoms in total. The number of pyridine rings is 1. The van der Waals surface area contributed by atoms with Crippen LogP contribution in [0.25, 0.3) is 10.9 Å². The third-order valence-electron chi connectivity index (χ3n) is 3.47. The highest BCUT2D eigenvalue weighted by Gasteiger charge is 2.09. The fraction of sp³-hybridized carbons (Fsp3) is 0.158. The van der Waals surface area contributed by atoms with Gasteiger partial charge in [-0.1, -0.05) is 29.8 Å². The fourth-order valence-corrected chi connectivity index (χ4v) is 2.51. The van der Waals surface area contributed by atoms with Crippen molar-refractivity contribution in [2.45, 2.75) is 0 Å². The molecule has 25 heavy (non-hydrogen) atoms.